The molecule has 1 N–H and O–H groups in total. The van der Waals surface area contributed by atoms with Crippen LogP contribution in [0.2, 0.25) is 0 Å². The second-order valence-electron chi connectivity index (χ2n) is 5.07. The highest BCUT2D eigenvalue weighted by Crippen LogP contribution is 2.40. The second-order valence-corrected chi connectivity index (χ2v) is 5.07. The average Bonchev–Trinajstić information content (AvgIpc) is 3.17. The molecule has 0 bridgehead atoms. The zero-order chi connectivity index (χ0) is 12.7. The fourth-order valence-corrected chi connectivity index (χ4v) is 2.66. The first-order valence-corrected chi connectivity index (χ1v) is 6.25. The summed E-state index contributed by atoms with van der Waals surface area (Å²) in [6.07, 6.45) is 1.37. The monoisotopic (exact) mass is 245 g/mol. The molecular weight excluding hydrogens is 230 g/mol. The second kappa shape index (κ2) is 4.12. The largest absolute Gasteiger partial charge is 0.481 e. The normalized spacial score (nSPS) is 25.4. The molecule has 1 amide bonds. The number of carbonyl (C=O) groups excluding carboxylic acids is 1. The van der Waals surface area contributed by atoms with Crippen LogP contribution in [0, 0.1) is 11.8 Å². The minimum atomic E-state index is -0.842. The highest BCUT2D eigenvalue weighted by molar-refractivity contribution is 5.89. The zero-order valence-electron chi connectivity index (χ0n) is 10.0. The molecule has 0 saturated heterocycles. The van der Waals surface area contributed by atoms with E-state index < -0.39 is 11.9 Å². The number of carboxylic acids is 1. The number of hydrogen-bond acceptors (Lipinski definition) is 2. The third-order valence-corrected chi connectivity index (χ3v) is 3.87. The van der Waals surface area contributed by atoms with E-state index in [0.717, 1.165) is 6.42 Å². The van der Waals surface area contributed by atoms with Gasteiger partial charge in [-0.3, -0.25) is 9.59 Å². The van der Waals surface area contributed by atoms with Crippen molar-refractivity contribution in [1.29, 1.82) is 0 Å². The summed E-state index contributed by atoms with van der Waals surface area (Å²) in [5.41, 5.74) is 2.48. The molecule has 1 aliphatic carbocycles. The van der Waals surface area contributed by atoms with Crippen LogP contribution >= 0.6 is 0 Å². The van der Waals surface area contributed by atoms with Gasteiger partial charge in [-0.15, -0.1) is 0 Å². The van der Waals surface area contributed by atoms with E-state index in [4.69, 9.17) is 5.11 Å². The fourth-order valence-electron chi connectivity index (χ4n) is 2.66. The summed E-state index contributed by atoms with van der Waals surface area (Å²) in [6, 6.07) is 8.12. The summed E-state index contributed by atoms with van der Waals surface area (Å²) in [6.45, 7) is 1.33. The lowest BCUT2D eigenvalue weighted by atomic mass is 9.99. The third kappa shape index (κ3) is 1.88. The molecule has 4 heteroatoms. The lowest BCUT2D eigenvalue weighted by molar-refractivity contribution is -0.142. The van der Waals surface area contributed by atoms with Crippen molar-refractivity contribution in [2.45, 2.75) is 19.4 Å². The number of carboxylic acid groups (broad SMARTS) is 1. The number of fused-ring (bicyclic) bond motifs is 1. The number of carbonyl (C=O) groups is 2. The minimum Gasteiger partial charge on any atom is -0.481 e. The first kappa shape index (κ1) is 11.3. The number of aliphatic carboxylic acids is 1. The van der Waals surface area contributed by atoms with Gasteiger partial charge in [-0.2, -0.15) is 0 Å². The number of rotatable bonds is 2. The van der Waals surface area contributed by atoms with Crippen LogP contribution in [0.5, 0.6) is 0 Å². The molecule has 4 nitrogen and oxygen atoms in total. The summed E-state index contributed by atoms with van der Waals surface area (Å²) >= 11 is 0. The van der Waals surface area contributed by atoms with Crippen LogP contribution in [-0.4, -0.2) is 28.4 Å². The Bertz CT molecular complexity index is 512. The predicted molar refractivity (Wildman–Crippen MR) is 64.8 cm³/mol. The Morgan fingerprint density at radius 1 is 1.17 bits per heavy atom. The molecule has 0 radical (unpaired) electrons. The topological polar surface area (TPSA) is 57.6 Å². The number of hydrogen-bond donors (Lipinski definition) is 1. The van der Waals surface area contributed by atoms with E-state index in [9.17, 15) is 9.59 Å². The van der Waals surface area contributed by atoms with Crippen LogP contribution in [0.15, 0.2) is 24.3 Å². The molecule has 1 aliphatic heterocycles. The molecule has 2 atom stereocenters. The molecule has 0 unspecified atom stereocenters. The molecule has 1 saturated carbocycles. The number of nitrogens with zero attached hydrogens (tertiary/aromatic N) is 1. The number of amides is 1. The van der Waals surface area contributed by atoms with E-state index in [1.807, 2.05) is 18.2 Å². The van der Waals surface area contributed by atoms with Gasteiger partial charge >= 0.3 is 5.97 Å². The van der Waals surface area contributed by atoms with Crippen molar-refractivity contribution in [2.24, 2.45) is 11.8 Å². The number of benzene rings is 1. The average molecular weight is 245 g/mol. The first-order chi connectivity index (χ1) is 8.66. The Morgan fingerprint density at radius 2 is 1.89 bits per heavy atom. The highest BCUT2D eigenvalue weighted by Gasteiger charge is 2.49. The molecule has 1 aromatic rings. The summed E-state index contributed by atoms with van der Waals surface area (Å²) < 4.78 is 0. The molecule has 94 valence electrons. The van der Waals surface area contributed by atoms with Crippen LogP contribution in [0.1, 0.15) is 17.5 Å². The summed E-state index contributed by atoms with van der Waals surface area (Å²) in [7, 11) is 0. The maximum Gasteiger partial charge on any atom is 0.307 e. The van der Waals surface area contributed by atoms with Crippen molar-refractivity contribution in [3.63, 3.8) is 0 Å². The standard InChI is InChI=1S/C14H15NO3/c16-13(11-7-12(11)14(17)18)15-6-5-9-3-1-2-4-10(9)8-15/h1-4,11-12H,5-8H2,(H,17,18)/t11-,12+/m1/s1. The molecule has 1 aromatic carbocycles. The lowest BCUT2D eigenvalue weighted by Crippen LogP contribution is -2.37. The quantitative estimate of drug-likeness (QED) is 0.854. The van der Waals surface area contributed by atoms with Crippen molar-refractivity contribution >= 4 is 11.9 Å². The Labute approximate surface area is 105 Å². The Morgan fingerprint density at radius 3 is 2.56 bits per heavy atom. The van der Waals surface area contributed by atoms with Gasteiger partial charge in [0.2, 0.25) is 5.91 Å². The van der Waals surface area contributed by atoms with Gasteiger partial charge < -0.3 is 10.0 Å². The summed E-state index contributed by atoms with van der Waals surface area (Å²) in [5.74, 6) is -1.56. The molecule has 0 aromatic heterocycles. The van der Waals surface area contributed by atoms with Crippen molar-refractivity contribution in [2.75, 3.05) is 6.54 Å². The van der Waals surface area contributed by atoms with Crippen molar-refractivity contribution in [1.82, 2.24) is 4.90 Å². The van der Waals surface area contributed by atoms with Gasteiger partial charge in [0.1, 0.15) is 0 Å². The Kier molecular flexibility index (Phi) is 2.58. The SMILES string of the molecule is O=C(O)[C@H]1C[C@H]1C(=O)N1CCc2ccccc2C1. The van der Waals surface area contributed by atoms with Crippen LogP contribution < -0.4 is 0 Å². The van der Waals surface area contributed by atoms with Crippen LogP contribution in [0.25, 0.3) is 0 Å². The third-order valence-electron chi connectivity index (χ3n) is 3.87. The molecule has 0 spiro atoms. The van der Waals surface area contributed by atoms with E-state index >= 15 is 0 Å². The Hall–Kier alpha value is -1.84. The zero-order valence-corrected chi connectivity index (χ0v) is 10.0. The molecule has 1 heterocycles. The van der Waals surface area contributed by atoms with Gasteiger partial charge in [0.05, 0.1) is 11.8 Å². The van der Waals surface area contributed by atoms with E-state index in [1.54, 1.807) is 4.90 Å². The van der Waals surface area contributed by atoms with Crippen molar-refractivity contribution in [3.05, 3.63) is 35.4 Å². The molecule has 18 heavy (non-hydrogen) atoms. The smallest absolute Gasteiger partial charge is 0.307 e. The van der Waals surface area contributed by atoms with Crippen LogP contribution in [-0.2, 0) is 22.6 Å². The predicted octanol–water partition coefficient (Wildman–Crippen LogP) is 1.29. The van der Waals surface area contributed by atoms with E-state index in [0.29, 0.717) is 19.5 Å². The maximum absolute atomic E-state index is 12.1. The van der Waals surface area contributed by atoms with Crippen molar-refractivity contribution < 1.29 is 14.7 Å². The van der Waals surface area contributed by atoms with Crippen LogP contribution in [0.3, 0.4) is 0 Å². The van der Waals surface area contributed by atoms with Gasteiger partial charge in [-0.25, -0.2) is 0 Å². The van der Waals surface area contributed by atoms with Gasteiger partial charge in [0, 0.05) is 13.1 Å². The summed E-state index contributed by atoms with van der Waals surface area (Å²) in [5, 5.41) is 8.86. The van der Waals surface area contributed by atoms with Crippen molar-refractivity contribution in [3.8, 4) is 0 Å². The van der Waals surface area contributed by atoms with Gasteiger partial charge in [0.25, 0.3) is 0 Å². The highest BCUT2D eigenvalue weighted by atomic mass is 16.4. The molecule has 2 aliphatic rings. The molecule has 3 rings (SSSR count). The van der Waals surface area contributed by atoms with E-state index in [1.165, 1.54) is 11.1 Å². The Balaban J connectivity index is 1.70. The lowest BCUT2D eigenvalue weighted by Gasteiger charge is -2.29. The molecule has 1 fully saturated rings. The summed E-state index contributed by atoms with van der Waals surface area (Å²) in [4.78, 5) is 24.7. The van der Waals surface area contributed by atoms with Gasteiger partial charge in [-0.1, -0.05) is 24.3 Å². The molecular formula is C14H15NO3. The minimum absolute atomic E-state index is 0.0110. The van der Waals surface area contributed by atoms with Gasteiger partial charge in [0.15, 0.2) is 0 Å². The maximum atomic E-state index is 12.1. The van der Waals surface area contributed by atoms with E-state index in [2.05, 4.69) is 6.07 Å². The van der Waals surface area contributed by atoms with Gasteiger partial charge in [-0.05, 0) is 24.0 Å². The van der Waals surface area contributed by atoms with Crippen LogP contribution in [0.4, 0.5) is 0 Å². The fraction of sp³-hybridized carbons (Fsp3) is 0.429. The van der Waals surface area contributed by atoms with E-state index in [-0.39, 0.29) is 11.8 Å². The first-order valence-electron chi connectivity index (χ1n) is 6.25.